The Kier molecular flexibility index (Phi) is 8.25. The highest BCUT2D eigenvalue weighted by Crippen LogP contribution is 2.63. The van der Waals surface area contributed by atoms with Crippen LogP contribution >= 0.6 is 0 Å². The van der Waals surface area contributed by atoms with E-state index in [1.165, 1.54) is 12.1 Å². The standard InChI is InChI=1S/C35H41F4N3O3/c1-21-4-13-29-28(19-40-32(44)35(37,38)39)30(14-15-33(21,29)2)34(3)17-22-18-41-42(31(22)16-23(34)20-43)25-7-11-27(12-8-25)45-26-9-5-24(36)6-10-26/h5-12,18,21,23,28-30,43H,4,13-17,19-20H2,1-3H3,(H,40,44)/t21-,23+,28-,29-,30-,33+,34-/m0/s1. The number of rotatable bonds is 7. The fourth-order valence-corrected chi connectivity index (χ4v) is 8.98. The van der Waals surface area contributed by atoms with Crippen molar-refractivity contribution in [2.45, 2.75) is 65.5 Å². The summed E-state index contributed by atoms with van der Waals surface area (Å²) >= 11 is 0. The van der Waals surface area contributed by atoms with Crippen LogP contribution in [0.15, 0.2) is 54.7 Å². The first kappa shape index (κ1) is 31.6. The molecule has 45 heavy (non-hydrogen) atoms. The molecule has 242 valence electrons. The second kappa shape index (κ2) is 11.8. The second-order valence-electron chi connectivity index (χ2n) is 14.0. The van der Waals surface area contributed by atoms with Gasteiger partial charge in [-0.2, -0.15) is 18.3 Å². The number of nitrogens with one attached hydrogen (secondary N) is 1. The SMILES string of the molecule is C[C@H]1CC[C@H]2[C@H](CNC(=O)C(F)(F)F)[C@@H]([C@@]3(C)Cc4cnn(-c5ccc(Oc6ccc(F)cc6)cc5)c4C[C@@H]3CO)CC[C@]12C. The smallest absolute Gasteiger partial charge is 0.457 e. The minimum Gasteiger partial charge on any atom is -0.457 e. The number of aromatic nitrogens is 2. The zero-order chi connectivity index (χ0) is 32.1. The van der Waals surface area contributed by atoms with Gasteiger partial charge in [0.15, 0.2) is 0 Å². The molecular weight excluding hydrogens is 586 g/mol. The lowest BCUT2D eigenvalue weighted by molar-refractivity contribution is -0.174. The number of aliphatic hydroxyl groups is 1. The van der Waals surface area contributed by atoms with Gasteiger partial charge in [-0.1, -0.05) is 20.8 Å². The highest BCUT2D eigenvalue weighted by atomic mass is 19.4. The third kappa shape index (κ3) is 5.75. The lowest BCUT2D eigenvalue weighted by atomic mass is 9.49. The van der Waals surface area contributed by atoms with Crippen molar-refractivity contribution in [2.75, 3.05) is 13.2 Å². The number of alkyl halides is 3. The normalized spacial score (nSPS) is 31.2. The number of hydrogen-bond donors (Lipinski definition) is 2. The third-order valence-electron chi connectivity index (χ3n) is 11.8. The van der Waals surface area contributed by atoms with Crippen LogP contribution in [0.25, 0.3) is 5.69 Å². The maximum absolute atomic E-state index is 13.2. The molecule has 1 aromatic heterocycles. The van der Waals surface area contributed by atoms with Crippen LogP contribution in [0.4, 0.5) is 17.6 Å². The summed E-state index contributed by atoms with van der Waals surface area (Å²) in [6.45, 7) is 6.63. The van der Waals surface area contributed by atoms with E-state index in [4.69, 9.17) is 9.84 Å². The monoisotopic (exact) mass is 627 g/mol. The first-order valence-electron chi connectivity index (χ1n) is 15.9. The Balaban J connectivity index is 1.26. The highest BCUT2D eigenvalue weighted by Gasteiger charge is 2.58. The number of nitrogens with zero attached hydrogens (tertiary/aromatic N) is 2. The van der Waals surface area contributed by atoms with E-state index in [0.717, 1.165) is 42.6 Å². The Labute approximate surface area is 261 Å². The van der Waals surface area contributed by atoms with Gasteiger partial charge in [0.05, 0.1) is 11.9 Å². The molecule has 1 heterocycles. The number of carbonyl (C=O) groups is 1. The molecule has 0 unspecified atom stereocenters. The Hall–Kier alpha value is -3.40. The van der Waals surface area contributed by atoms with Gasteiger partial charge in [-0.15, -0.1) is 0 Å². The van der Waals surface area contributed by atoms with E-state index in [-0.39, 0.29) is 53.5 Å². The predicted octanol–water partition coefficient (Wildman–Crippen LogP) is 7.27. The van der Waals surface area contributed by atoms with Gasteiger partial charge in [0.2, 0.25) is 0 Å². The van der Waals surface area contributed by atoms with Gasteiger partial charge in [0.25, 0.3) is 0 Å². The largest absolute Gasteiger partial charge is 0.471 e. The summed E-state index contributed by atoms with van der Waals surface area (Å²) in [6.07, 6.45) is 1.96. The van der Waals surface area contributed by atoms with Crippen LogP contribution in [-0.4, -0.2) is 40.1 Å². The van der Waals surface area contributed by atoms with Crippen LogP contribution in [0.3, 0.4) is 0 Å². The molecule has 2 fully saturated rings. The zero-order valence-corrected chi connectivity index (χ0v) is 25.9. The Morgan fingerprint density at radius 2 is 1.67 bits per heavy atom. The fraction of sp³-hybridized carbons (Fsp3) is 0.543. The number of fused-ring (bicyclic) bond motifs is 2. The van der Waals surface area contributed by atoms with Crippen LogP contribution in [0.2, 0.25) is 0 Å². The second-order valence-corrected chi connectivity index (χ2v) is 14.0. The molecule has 10 heteroatoms. The zero-order valence-electron chi connectivity index (χ0n) is 25.9. The minimum absolute atomic E-state index is 0.0117. The van der Waals surface area contributed by atoms with Crippen molar-refractivity contribution in [3.63, 3.8) is 0 Å². The molecular formula is C35H41F4N3O3. The molecule has 0 spiro atoms. The van der Waals surface area contributed by atoms with E-state index in [1.807, 2.05) is 35.1 Å². The quantitative estimate of drug-likeness (QED) is 0.270. The van der Waals surface area contributed by atoms with Crippen LogP contribution in [0.5, 0.6) is 11.5 Å². The maximum atomic E-state index is 13.2. The summed E-state index contributed by atoms with van der Waals surface area (Å²) in [4.78, 5) is 11.9. The summed E-state index contributed by atoms with van der Waals surface area (Å²) in [5.74, 6) is -0.642. The van der Waals surface area contributed by atoms with Gasteiger partial charge in [-0.25, -0.2) is 9.07 Å². The van der Waals surface area contributed by atoms with E-state index >= 15 is 0 Å². The van der Waals surface area contributed by atoms with Crippen LogP contribution < -0.4 is 10.1 Å². The van der Waals surface area contributed by atoms with Crippen LogP contribution in [0.1, 0.15) is 57.7 Å². The predicted molar refractivity (Wildman–Crippen MR) is 161 cm³/mol. The third-order valence-corrected chi connectivity index (χ3v) is 11.8. The summed E-state index contributed by atoms with van der Waals surface area (Å²) in [5, 5.41) is 17.8. The molecule has 2 N–H and O–H groups in total. The van der Waals surface area contributed by atoms with Gasteiger partial charge in [0.1, 0.15) is 17.3 Å². The first-order chi connectivity index (χ1) is 21.3. The molecule has 3 aliphatic rings. The van der Waals surface area contributed by atoms with Gasteiger partial charge in [0, 0.05) is 18.8 Å². The number of halogens is 4. The molecule has 0 bridgehead atoms. The van der Waals surface area contributed by atoms with Gasteiger partial charge < -0.3 is 15.2 Å². The summed E-state index contributed by atoms with van der Waals surface area (Å²) in [6, 6.07) is 13.3. The van der Waals surface area contributed by atoms with Gasteiger partial charge in [-0.05, 0) is 133 Å². The number of amides is 1. The molecule has 0 radical (unpaired) electrons. The number of carbonyl (C=O) groups excluding carboxylic acids is 1. The summed E-state index contributed by atoms with van der Waals surface area (Å²) in [5.41, 5.74) is 2.55. The number of aliphatic hydroxyl groups excluding tert-OH is 1. The van der Waals surface area contributed by atoms with Crippen molar-refractivity contribution < 1.29 is 32.2 Å². The van der Waals surface area contributed by atoms with Crippen molar-refractivity contribution in [1.29, 1.82) is 0 Å². The van der Waals surface area contributed by atoms with E-state index < -0.39 is 12.1 Å². The number of ether oxygens (including phenoxy) is 1. The molecule has 3 aliphatic carbocycles. The highest BCUT2D eigenvalue weighted by molar-refractivity contribution is 5.81. The average molecular weight is 628 g/mol. The summed E-state index contributed by atoms with van der Waals surface area (Å²) in [7, 11) is 0. The molecule has 1 amide bonds. The Morgan fingerprint density at radius 3 is 2.31 bits per heavy atom. The molecule has 0 saturated heterocycles. The maximum Gasteiger partial charge on any atom is 0.471 e. The van der Waals surface area contributed by atoms with Crippen molar-refractivity contribution in [1.82, 2.24) is 15.1 Å². The van der Waals surface area contributed by atoms with Gasteiger partial charge >= 0.3 is 12.1 Å². The van der Waals surface area contributed by atoms with E-state index in [9.17, 15) is 27.5 Å². The average Bonchev–Trinajstić information content (AvgIpc) is 3.55. The van der Waals surface area contributed by atoms with E-state index in [1.54, 1.807) is 12.1 Å². The minimum atomic E-state index is -4.92. The van der Waals surface area contributed by atoms with Crippen molar-refractivity contribution in [3.8, 4) is 17.2 Å². The van der Waals surface area contributed by atoms with Crippen molar-refractivity contribution in [3.05, 3.63) is 71.8 Å². The molecule has 2 saturated carbocycles. The Bertz CT molecular complexity index is 1520. The molecule has 3 aromatic rings. The molecule has 0 aliphatic heterocycles. The van der Waals surface area contributed by atoms with E-state index in [0.29, 0.717) is 30.3 Å². The number of hydrogen-bond acceptors (Lipinski definition) is 4. The van der Waals surface area contributed by atoms with Crippen molar-refractivity contribution in [2.24, 2.45) is 40.4 Å². The first-order valence-corrected chi connectivity index (χ1v) is 15.9. The number of benzene rings is 2. The van der Waals surface area contributed by atoms with E-state index in [2.05, 4.69) is 26.1 Å². The lowest BCUT2D eigenvalue weighted by Crippen LogP contribution is -2.55. The van der Waals surface area contributed by atoms with Crippen LogP contribution in [0, 0.1) is 46.2 Å². The Morgan fingerprint density at radius 1 is 1.02 bits per heavy atom. The molecule has 2 aromatic carbocycles. The summed E-state index contributed by atoms with van der Waals surface area (Å²) < 4.78 is 60.6. The lowest BCUT2D eigenvalue weighted by Gasteiger charge is -2.56. The fourth-order valence-electron chi connectivity index (χ4n) is 8.98. The van der Waals surface area contributed by atoms with Crippen LogP contribution in [-0.2, 0) is 17.6 Å². The van der Waals surface area contributed by atoms with Gasteiger partial charge in [-0.3, -0.25) is 4.79 Å². The topological polar surface area (TPSA) is 76.4 Å². The molecule has 6 nitrogen and oxygen atoms in total. The van der Waals surface area contributed by atoms with Crippen molar-refractivity contribution >= 4 is 5.91 Å². The molecule has 7 atom stereocenters. The molecule has 6 rings (SSSR count).